The van der Waals surface area contributed by atoms with Crippen LogP contribution in [0, 0.1) is 11.8 Å². The molecule has 0 spiro atoms. The molecule has 0 radical (unpaired) electrons. The number of nitrogens with two attached hydrogens (primary N) is 1. The number of halogens is 1. The highest BCUT2D eigenvalue weighted by atomic mass is 35.5. The van der Waals surface area contributed by atoms with Crippen molar-refractivity contribution in [2.75, 3.05) is 19.7 Å². The van der Waals surface area contributed by atoms with Gasteiger partial charge in [-0.1, -0.05) is 11.6 Å². The van der Waals surface area contributed by atoms with Crippen molar-refractivity contribution >= 4 is 17.5 Å². The summed E-state index contributed by atoms with van der Waals surface area (Å²) in [6, 6.07) is 0. The maximum Gasteiger partial charge on any atom is 0.223 e. The number of aryl methyl sites for hydroxylation is 1. The zero-order valence-corrected chi connectivity index (χ0v) is 13.6. The molecule has 7 heteroatoms. The summed E-state index contributed by atoms with van der Waals surface area (Å²) in [6.45, 7) is 3.44. The fourth-order valence-electron chi connectivity index (χ4n) is 3.65. The molecule has 2 saturated heterocycles. The molecule has 2 aliphatic rings. The molecule has 1 amide bonds. The Labute approximate surface area is 135 Å². The van der Waals surface area contributed by atoms with Crippen LogP contribution in [0.25, 0.3) is 0 Å². The summed E-state index contributed by atoms with van der Waals surface area (Å²) in [5, 5.41) is 4.90. The molecule has 2 N–H and O–H groups in total. The highest BCUT2D eigenvalue weighted by molar-refractivity contribution is 6.31. The van der Waals surface area contributed by atoms with Crippen molar-refractivity contribution in [3.8, 4) is 0 Å². The van der Waals surface area contributed by atoms with Crippen molar-refractivity contribution in [2.45, 2.75) is 31.9 Å². The van der Waals surface area contributed by atoms with Gasteiger partial charge in [0.2, 0.25) is 5.91 Å². The van der Waals surface area contributed by atoms with E-state index in [2.05, 4.69) is 10.00 Å². The fraction of sp³-hybridized carbons (Fsp3) is 0.733. The summed E-state index contributed by atoms with van der Waals surface area (Å²) in [5.74, 6) is 0.105. The lowest BCUT2D eigenvalue weighted by Crippen LogP contribution is -2.42. The molecule has 122 valence electrons. The van der Waals surface area contributed by atoms with Gasteiger partial charge in [0.05, 0.1) is 28.9 Å². The molecular formula is C15H23ClN4O2. The van der Waals surface area contributed by atoms with Crippen LogP contribution in [0.2, 0.25) is 5.02 Å². The Kier molecular flexibility index (Phi) is 4.70. The Morgan fingerprint density at radius 2 is 2.18 bits per heavy atom. The molecule has 22 heavy (non-hydrogen) atoms. The van der Waals surface area contributed by atoms with Crippen molar-refractivity contribution in [3.63, 3.8) is 0 Å². The van der Waals surface area contributed by atoms with Crippen LogP contribution < -0.4 is 5.73 Å². The van der Waals surface area contributed by atoms with E-state index < -0.39 is 0 Å². The minimum Gasteiger partial charge on any atom is -0.377 e. The van der Waals surface area contributed by atoms with Crippen LogP contribution >= 0.6 is 11.6 Å². The van der Waals surface area contributed by atoms with Gasteiger partial charge in [0.1, 0.15) is 0 Å². The fourth-order valence-corrected chi connectivity index (χ4v) is 3.87. The van der Waals surface area contributed by atoms with Gasteiger partial charge in [-0.25, -0.2) is 0 Å². The lowest BCUT2D eigenvalue weighted by atomic mass is 9.84. The average Bonchev–Trinajstić information content (AvgIpc) is 3.10. The second-order valence-electron chi connectivity index (χ2n) is 6.31. The quantitative estimate of drug-likeness (QED) is 0.901. The minimum absolute atomic E-state index is 0.0138. The van der Waals surface area contributed by atoms with Gasteiger partial charge in [0.15, 0.2) is 0 Å². The number of nitrogens with zero attached hydrogens (tertiary/aromatic N) is 3. The van der Waals surface area contributed by atoms with Crippen LogP contribution in [0.3, 0.4) is 0 Å². The maximum atomic E-state index is 11.5. The van der Waals surface area contributed by atoms with Crippen molar-refractivity contribution in [3.05, 3.63) is 16.9 Å². The van der Waals surface area contributed by atoms with Gasteiger partial charge in [0.25, 0.3) is 0 Å². The number of rotatable bonds is 4. The molecule has 3 heterocycles. The molecule has 2 atom stereocenters. The number of ether oxygens (including phenoxy) is 1. The van der Waals surface area contributed by atoms with E-state index in [9.17, 15) is 4.79 Å². The third kappa shape index (κ3) is 3.14. The predicted molar refractivity (Wildman–Crippen MR) is 83.3 cm³/mol. The highest BCUT2D eigenvalue weighted by Gasteiger charge is 2.39. The van der Waals surface area contributed by atoms with Gasteiger partial charge < -0.3 is 10.5 Å². The van der Waals surface area contributed by atoms with Gasteiger partial charge in [0, 0.05) is 20.2 Å². The first-order chi connectivity index (χ1) is 10.6. The molecule has 6 nitrogen and oxygen atoms in total. The number of piperidine rings is 1. The molecular weight excluding hydrogens is 304 g/mol. The molecule has 0 aromatic carbocycles. The molecule has 2 aliphatic heterocycles. The summed E-state index contributed by atoms with van der Waals surface area (Å²) in [7, 11) is 1.91. The number of hydrogen-bond acceptors (Lipinski definition) is 4. The third-order valence-electron chi connectivity index (χ3n) is 4.98. The molecule has 0 aliphatic carbocycles. The Hall–Kier alpha value is -1.11. The molecule has 1 aromatic rings. The van der Waals surface area contributed by atoms with Crippen LogP contribution in [0.1, 0.15) is 25.0 Å². The largest absolute Gasteiger partial charge is 0.377 e. The van der Waals surface area contributed by atoms with E-state index in [-0.39, 0.29) is 17.9 Å². The molecule has 2 fully saturated rings. The van der Waals surface area contributed by atoms with E-state index >= 15 is 0 Å². The zero-order valence-electron chi connectivity index (χ0n) is 12.9. The average molecular weight is 327 g/mol. The first-order valence-electron chi connectivity index (χ1n) is 7.86. The zero-order chi connectivity index (χ0) is 15.7. The standard InChI is InChI=1S/C15H23ClN4O2/c1-19-13(12(16)8-18-19)9-20-5-2-10(3-6-20)14-11(15(17)21)4-7-22-14/h8,10-11,14H,2-7,9H2,1H3,(H2,17,21)/t11-,14+/m0/s1. The van der Waals surface area contributed by atoms with E-state index in [1.165, 1.54) is 0 Å². The molecule has 1 aromatic heterocycles. The van der Waals surface area contributed by atoms with Gasteiger partial charge in [-0.2, -0.15) is 5.10 Å². The second kappa shape index (κ2) is 6.56. The molecule has 3 rings (SSSR count). The predicted octanol–water partition coefficient (Wildman–Crippen LogP) is 1.18. The number of primary amides is 1. The summed E-state index contributed by atoms with van der Waals surface area (Å²) in [4.78, 5) is 13.9. The first kappa shape index (κ1) is 15.8. The van der Waals surface area contributed by atoms with E-state index in [1.807, 2.05) is 11.7 Å². The first-order valence-corrected chi connectivity index (χ1v) is 8.23. The van der Waals surface area contributed by atoms with Gasteiger partial charge in [-0.05, 0) is 38.3 Å². The van der Waals surface area contributed by atoms with Gasteiger partial charge >= 0.3 is 0 Å². The van der Waals surface area contributed by atoms with Gasteiger partial charge in [-0.15, -0.1) is 0 Å². The van der Waals surface area contributed by atoms with Crippen LogP contribution in [0.5, 0.6) is 0 Å². The van der Waals surface area contributed by atoms with Crippen molar-refractivity contribution in [1.82, 2.24) is 14.7 Å². The SMILES string of the molecule is Cn1ncc(Cl)c1CN1CCC([C@H]2OCC[C@@H]2C(N)=O)CC1. The minimum atomic E-state index is -0.216. The van der Waals surface area contributed by atoms with E-state index in [0.29, 0.717) is 12.5 Å². The van der Waals surface area contributed by atoms with E-state index in [0.717, 1.165) is 49.6 Å². The number of carbonyl (C=O) groups is 1. The van der Waals surface area contributed by atoms with Crippen LogP contribution in [-0.2, 0) is 23.1 Å². The Morgan fingerprint density at radius 1 is 1.45 bits per heavy atom. The number of likely N-dealkylation sites (tertiary alicyclic amines) is 1. The van der Waals surface area contributed by atoms with Crippen molar-refractivity contribution in [1.29, 1.82) is 0 Å². The summed E-state index contributed by atoms with van der Waals surface area (Å²) >= 11 is 6.17. The normalized spacial score (nSPS) is 27.4. The smallest absolute Gasteiger partial charge is 0.223 e. The van der Waals surface area contributed by atoms with Gasteiger partial charge in [-0.3, -0.25) is 14.4 Å². The van der Waals surface area contributed by atoms with E-state index in [1.54, 1.807) is 6.20 Å². The van der Waals surface area contributed by atoms with Crippen LogP contribution in [-0.4, -0.2) is 46.4 Å². The summed E-state index contributed by atoms with van der Waals surface area (Å²) in [6.07, 6.45) is 4.53. The highest BCUT2D eigenvalue weighted by Crippen LogP contribution is 2.33. The third-order valence-corrected chi connectivity index (χ3v) is 5.30. The Morgan fingerprint density at radius 3 is 2.77 bits per heavy atom. The molecule has 0 saturated carbocycles. The van der Waals surface area contributed by atoms with E-state index in [4.69, 9.17) is 22.1 Å². The lowest BCUT2D eigenvalue weighted by Gasteiger charge is -2.35. The summed E-state index contributed by atoms with van der Waals surface area (Å²) in [5.41, 5.74) is 6.54. The lowest BCUT2D eigenvalue weighted by molar-refractivity contribution is -0.124. The number of amides is 1. The van der Waals surface area contributed by atoms with Crippen LogP contribution in [0.15, 0.2) is 6.20 Å². The van der Waals surface area contributed by atoms with Crippen LogP contribution in [0.4, 0.5) is 0 Å². The topological polar surface area (TPSA) is 73.4 Å². The summed E-state index contributed by atoms with van der Waals surface area (Å²) < 4.78 is 7.62. The number of hydrogen-bond donors (Lipinski definition) is 1. The number of carbonyl (C=O) groups excluding carboxylic acids is 1. The molecule has 0 unspecified atom stereocenters. The molecule has 0 bridgehead atoms. The Balaban J connectivity index is 1.55. The number of aromatic nitrogens is 2. The maximum absolute atomic E-state index is 11.5. The second-order valence-corrected chi connectivity index (χ2v) is 6.72. The monoisotopic (exact) mass is 326 g/mol. The van der Waals surface area contributed by atoms with Crippen molar-refractivity contribution in [2.24, 2.45) is 24.6 Å². The Bertz CT molecular complexity index is 520. The van der Waals surface area contributed by atoms with Crippen molar-refractivity contribution < 1.29 is 9.53 Å².